The Morgan fingerprint density at radius 1 is 1.29 bits per heavy atom. The van der Waals surface area contributed by atoms with Gasteiger partial charge in [0, 0.05) is 37.4 Å². The molecule has 1 aromatic heterocycles. The summed E-state index contributed by atoms with van der Waals surface area (Å²) in [4.78, 5) is 21.1. The Labute approximate surface area is 128 Å². The molecule has 0 aromatic carbocycles. The Balaban J connectivity index is 1.75. The van der Waals surface area contributed by atoms with E-state index >= 15 is 0 Å². The van der Waals surface area contributed by atoms with Gasteiger partial charge in [0.1, 0.15) is 0 Å². The summed E-state index contributed by atoms with van der Waals surface area (Å²) in [6.45, 7) is 8.45. The van der Waals surface area contributed by atoms with Gasteiger partial charge in [0.2, 0.25) is 5.91 Å². The topological polar surface area (TPSA) is 36.4 Å². The zero-order valence-electron chi connectivity index (χ0n) is 13.3. The van der Waals surface area contributed by atoms with Crippen LogP contribution in [0.4, 0.5) is 0 Å². The largest absolute Gasteiger partial charge is 0.343 e. The van der Waals surface area contributed by atoms with Crippen LogP contribution in [0.1, 0.15) is 38.8 Å². The van der Waals surface area contributed by atoms with Gasteiger partial charge in [-0.1, -0.05) is 19.9 Å². The second-order valence-electron chi connectivity index (χ2n) is 5.65. The molecular formula is C17H27N3O. The first-order chi connectivity index (χ1) is 10.2. The van der Waals surface area contributed by atoms with Crippen LogP contribution in [0.15, 0.2) is 24.4 Å². The quantitative estimate of drug-likeness (QED) is 0.806. The van der Waals surface area contributed by atoms with Crippen LogP contribution < -0.4 is 0 Å². The second kappa shape index (κ2) is 8.13. The van der Waals surface area contributed by atoms with E-state index in [1.54, 1.807) is 6.20 Å². The molecule has 21 heavy (non-hydrogen) atoms. The molecule has 1 fully saturated rings. The van der Waals surface area contributed by atoms with Crippen molar-refractivity contribution in [2.75, 3.05) is 26.2 Å². The SMILES string of the molecule is CCN(CC)C1CCN(C(=O)CCc2ccccn2)CC1. The van der Waals surface area contributed by atoms with Gasteiger partial charge in [-0.15, -0.1) is 0 Å². The Morgan fingerprint density at radius 3 is 2.57 bits per heavy atom. The first-order valence-corrected chi connectivity index (χ1v) is 8.16. The van der Waals surface area contributed by atoms with Crippen LogP contribution in [0.2, 0.25) is 0 Å². The van der Waals surface area contributed by atoms with Crippen LogP contribution in [0.5, 0.6) is 0 Å². The van der Waals surface area contributed by atoms with Gasteiger partial charge in [-0.25, -0.2) is 0 Å². The predicted molar refractivity (Wildman–Crippen MR) is 85.1 cm³/mol. The van der Waals surface area contributed by atoms with Crippen molar-refractivity contribution < 1.29 is 4.79 Å². The minimum absolute atomic E-state index is 0.277. The van der Waals surface area contributed by atoms with Crippen LogP contribution in [-0.2, 0) is 11.2 Å². The van der Waals surface area contributed by atoms with E-state index in [0.717, 1.165) is 51.1 Å². The van der Waals surface area contributed by atoms with E-state index in [1.165, 1.54) is 0 Å². The molecule has 1 aliphatic rings. The zero-order chi connectivity index (χ0) is 15.1. The van der Waals surface area contributed by atoms with Crippen molar-refractivity contribution in [1.82, 2.24) is 14.8 Å². The molecule has 4 nitrogen and oxygen atoms in total. The fourth-order valence-corrected chi connectivity index (χ4v) is 3.16. The molecule has 0 bridgehead atoms. The summed E-state index contributed by atoms with van der Waals surface area (Å²) in [7, 11) is 0. The smallest absolute Gasteiger partial charge is 0.222 e. The van der Waals surface area contributed by atoms with Crippen molar-refractivity contribution in [3.05, 3.63) is 30.1 Å². The predicted octanol–water partition coefficient (Wildman–Crippen LogP) is 2.35. The zero-order valence-corrected chi connectivity index (χ0v) is 13.3. The number of hydrogen-bond donors (Lipinski definition) is 0. The summed E-state index contributed by atoms with van der Waals surface area (Å²) >= 11 is 0. The number of hydrogen-bond acceptors (Lipinski definition) is 3. The Bertz CT molecular complexity index is 423. The normalized spacial score (nSPS) is 16.4. The number of aryl methyl sites for hydroxylation is 1. The third kappa shape index (κ3) is 4.53. The number of aromatic nitrogens is 1. The van der Waals surface area contributed by atoms with Crippen molar-refractivity contribution in [2.24, 2.45) is 0 Å². The molecule has 0 radical (unpaired) electrons. The molecule has 1 aliphatic heterocycles. The second-order valence-corrected chi connectivity index (χ2v) is 5.65. The first kappa shape index (κ1) is 16.0. The molecule has 0 spiro atoms. The summed E-state index contributed by atoms with van der Waals surface area (Å²) in [6, 6.07) is 6.52. The average molecular weight is 289 g/mol. The summed E-state index contributed by atoms with van der Waals surface area (Å²) < 4.78 is 0. The molecule has 0 aliphatic carbocycles. The number of nitrogens with zero attached hydrogens (tertiary/aromatic N) is 3. The van der Waals surface area contributed by atoms with Crippen LogP contribution in [0, 0.1) is 0 Å². The number of pyridine rings is 1. The van der Waals surface area contributed by atoms with Gasteiger partial charge in [-0.05, 0) is 44.5 Å². The molecule has 1 saturated heterocycles. The van der Waals surface area contributed by atoms with Gasteiger partial charge < -0.3 is 9.80 Å². The maximum absolute atomic E-state index is 12.3. The molecule has 4 heteroatoms. The van der Waals surface area contributed by atoms with Crippen molar-refractivity contribution in [1.29, 1.82) is 0 Å². The van der Waals surface area contributed by atoms with E-state index in [0.29, 0.717) is 12.5 Å². The van der Waals surface area contributed by atoms with Gasteiger partial charge in [-0.3, -0.25) is 9.78 Å². The third-order valence-corrected chi connectivity index (χ3v) is 4.47. The lowest BCUT2D eigenvalue weighted by molar-refractivity contribution is -0.132. The standard InChI is InChI=1S/C17H27N3O/c1-3-19(4-2)16-10-13-20(14-11-16)17(21)9-8-15-7-5-6-12-18-15/h5-7,12,16H,3-4,8-11,13-14H2,1-2H3. The molecule has 2 rings (SSSR count). The molecule has 0 atom stereocenters. The van der Waals surface area contributed by atoms with Gasteiger partial charge in [-0.2, -0.15) is 0 Å². The number of carbonyl (C=O) groups is 1. The lowest BCUT2D eigenvalue weighted by Crippen LogP contribution is -2.46. The molecule has 1 aromatic rings. The summed E-state index contributed by atoms with van der Waals surface area (Å²) in [5.74, 6) is 0.277. The molecule has 0 N–H and O–H groups in total. The molecule has 116 valence electrons. The molecular weight excluding hydrogens is 262 g/mol. The van der Waals surface area contributed by atoms with Crippen molar-refractivity contribution >= 4 is 5.91 Å². The highest BCUT2D eigenvalue weighted by atomic mass is 16.2. The average Bonchev–Trinajstić information content (AvgIpc) is 2.55. The van der Waals surface area contributed by atoms with E-state index in [9.17, 15) is 4.79 Å². The van der Waals surface area contributed by atoms with Gasteiger partial charge in [0.25, 0.3) is 0 Å². The van der Waals surface area contributed by atoms with Crippen molar-refractivity contribution in [3.63, 3.8) is 0 Å². The Morgan fingerprint density at radius 2 is 2.00 bits per heavy atom. The van der Waals surface area contributed by atoms with Crippen molar-refractivity contribution in [3.8, 4) is 0 Å². The lowest BCUT2D eigenvalue weighted by Gasteiger charge is -2.37. The number of carbonyl (C=O) groups excluding carboxylic acids is 1. The highest BCUT2D eigenvalue weighted by Crippen LogP contribution is 2.17. The lowest BCUT2D eigenvalue weighted by atomic mass is 10.0. The van der Waals surface area contributed by atoms with E-state index in [2.05, 4.69) is 23.7 Å². The molecule has 2 heterocycles. The van der Waals surface area contributed by atoms with Gasteiger partial charge >= 0.3 is 0 Å². The molecule has 0 unspecified atom stereocenters. The molecule has 1 amide bonds. The summed E-state index contributed by atoms with van der Waals surface area (Å²) in [5, 5.41) is 0. The minimum Gasteiger partial charge on any atom is -0.343 e. The molecule has 0 saturated carbocycles. The minimum atomic E-state index is 0.277. The highest BCUT2D eigenvalue weighted by molar-refractivity contribution is 5.76. The maximum Gasteiger partial charge on any atom is 0.222 e. The van der Waals surface area contributed by atoms with E-state index < -0.39 is 0 Å². The summed E-state index contributed by atoms with van der Waals surface area (Å²) in [6.07, 6.45) is 5.33. The fourth-order valence-electron chi connectivity index (χ4n) is 3.16. The Kier molecular flexibility index (Phi) is 6.18. The van der Waals surface area contributed by atoms with E-state index in [-0.39, 0.29) is 5.91 Å². The number of amides is 1. The van der Waals surface area contributed by atoms with Crippen LogP contribution >= 0.6 is 0 Å². The van der Waals surface area contributed by atoms with Crippen LogP contribution in [0.3, 0.4) is 0 Å². The van der Waals surface area contributed by atoms with Gasteiger partial charge in [0.15, 0.2) is 0 Å². The number of likely N-dealkylation sites (tertiary alicyclic amines) is 1. The monoisotopic (exact) mass is 289 g/mol. The van der Waals surface area contributed by atoms with Crippen molar-refractivity contribution in [2.45, 2.75) is 45.6 Å². The fraction of sp³-hybridized carbons (Fsp3) is 0.647. The summed E-state index contributed by atoms with van der Waals surface area (Å²) in [5.41, 5.74) is 1.00. The van der Waals surface area contributed by atoms with Gasteiger partial charge in [0.05, 0.1) is 0 Å². The van der Waals surface area contributed by atoms with E-state index in [1.807, 2.05) is 23.1 Å². The van der Waals surface area contributed by atoms with Crippen LogP contribution in [0.25, 0.3) is 0 Å². The number of piperidine rings is 1. The maximum atomic E-state index is 12.3. The number of rotatable bonds is 6. The highest BCUT2D eigenvalue weighted by Gasteiger charge is 2.25. The van der Waals surface area contributed by atoms with Crippen LogP contribution in [-0.4, -0.2) is 52.9 Å². The third-order valence-electron chi connectivity index (χ3n) is 4.47. The van der Waals surface area contributed by atoms with E-state index in [4.69, 9.17) is 0 Å². The first-order valence-electron chi connectivity index (χ1n) is 8.16. The Hall–Kier alpha value is -1.42.